The van der Waals surface area contributed by atoms with Crippen LogP contribution in [0.3, 0.4) is 0 Å². The molecule has 0 unspecified atom stereocenters. The minimum atomic E-state index is 0.514. The molecule has 0 aromatic carbocycles. The van der Waals surface area contributed by atoms with Crippen LogP contribution in [0, 0.1) is 20.8 Å². The van der Waals surface area contributed by atoms with Gasteiger partial charge in [-0.2, -0.15) is 51.0 Å². The van der Waals surface area contributed by atoms with E-state index >= 15 is 0 Å². The van der Waals surface area contributed by atoms with E-state index in [1.165, 1.54) is 67.2 Å². The molecule has 1 saturated heterocycles. The average molecular weight is 1850 g/mol. The van der Waals surface area contributed by atoms with Crippen LogP contribution in [-0.2, 0) is 34.7 Å². The number of hydrogen-bond acceptors (Lipinski definition) is 21. The van der Waals surface area contributed by atoms with Crippen molar-refractivity contribution in [2.45, 2.75) is 124 Å². The lowest BCUT2D eigenvalue weighted by Gasteiger charge is -2.31. The number of imidazole rings is 4. The molecule has 4 aliphatic rings. The summed E-state index contributed by atoms with van der Waals surface area (Å²) in [4.78, 5) is 40.4. The van der Waals surface area contributed by atoms with E-state index in [9.17, 15) is 0 Å². The van der Waals surface area contributed by atoms with Crippen molar-refractivity contribution < 1.29 is 0 Å². The highest BCUT2D eigenvalue weighted by molar-refractivity contribution is 5.83. The van der Waals surface area contributed by atoms with Crippen molar-refractivity contribution in [1.82, 2.24) is 172 Å². The van der Waals surface area contributed by atoms with E-state index in [1.807, 2.05) is 200 Å². The molecule has 0 amide bonds. The van der Waals surface area contributed by atoms with Crippen LogP contribution < -0.4 is 5.32 Å². The fraction of sp³-hybridized carbons (Fsp3) is 0.288. The molecule has 0 bridgehead atoms. The summed E-state index contributed by atoms with van der Waals surface area (Å²) in [6.45, 7) is 21.1. The fourth-order valence-corrected chi connectivity index (χ4v) is 18.3. The topological polar surface area (TPSA) is 350 Å². The standard InChI is InChI=1S/C27H27N9.C16H20N6.C14H18N4.3C12H12N4.C11H12N4/c1-33-15-21(11-30-33)19-7-8-27-29-13-24(34(27)16-19)18-36-26-9-20(10-28-25(26)14-32-36)22-12-31-35(17-22)23-5-3-2-4-6-23;1-2-21-5-3-14(4-6-21)22-11-13(9-19-22)12-7-15-16(17-8-12)10-18-20-15;1-10(2)18-5-3-11(4-6-18)12-7-13-14(15-8-12)9-16-17-13;3*1-9-5-13-12-4-3-10(8-16(9)12)11-6-14-15(2)7-11;1-3-12-4-2-8(1)9-5-10-11(13-6-9)7-14-15-10/h7-17,23H,2-6,18H2,1H3;7-11,14H,2-6H2,1H3,(H,18,20);3,7-10H,4-6H2,1-2H3,(H,16,17);3*3-8H,1-2H3;1,5-7,12H,2-4H2,(H,14,15). The maximum atomic E-state index is 4.70. The van der Waals surface area contributed by atoms with E-state index < -0.39 is 0 Å². The molecular formula is C104H113N35. The predicted octanol–water partition coefficient (Wildman–Crippen LogP) is 17.3. The number of fused-ring (bicyclic) bond motifs is 8. The molecule has 0 atom stereocenters. The third-order valence-corrected chi connectivity index (χ3v) is 26.5. The first kappa shape index (κ1) is 90.7. The molecule has 26 rings (SSSR count). The highest BCUT2D eigenvalue weighted by Gasteiger charge is 2.24. The Morgan fingerprint density at radius 3 is 1.19 bits per heavy atom. The van der Waals surface area contributed by atoms with Gasteiger partial charge in [0.1, 0.15) is 44.7 Å². The average Bonchev–Trinajstić information content (AvgIpc) is 1.64. The molecule has 0 radical (unpaired) electrons. The first-order valence-electron chi connectivity index (χ1n) is 47.5. The number of aryl methyl sites for hydroxylation is 7. The summed E-state index contributed by atoms with van der Waals surface area (Å²) in [7, 11) is 7.69. The Labute approximate surface area is 802 Å². The predicted molar refractivity (Wildman–Crippen MR) is 542 cm³/mol. The number of nitrogens with one attached hydrogen (secondary N) is 4. The third kappa shape index (κ3) is 20.7. The molecule has 35 heteroatoms. The van der Waals surface area contributed by atoms with Crippen LogP contribution >= 0.6 is 0 Å². The van der Waals surface area contributed by atoms with Crippen LogP contribution in [0.4, 0.5) is 0 Å². The second kappa shape index (κ2) is 40.8. The van der Waals surface area contributed by atoms with Gasteiger partial charge in [-0.25, -0.2) is 19.9 Å². The van der Waals surface area contributed by atoms with Crippen molar-refractivity contribution in [1.29, 1.82) is 0 Å². The molecule has 2 fully saturated rings. The zero-order valence-electron chi connectivity index (χ0n) is 79.9. The molecule has 35 nitrogen and oxygen atoms in total. The summed E-state index contributed by atoms with van der Waals surface area (Å²) in [5.74, 6) is 0. The lowest BCUT2D eigenvalue weighted by Crippen LogP contribution is -2.34. The van der Waals surface area contributed by atoms with Gasteiger partial charge in [0.15, 0.2) is 0 Å². The third-order valence-electron chi connectivity index (χ3n) is 26.5. The van der Waals surface area contributed by atoms with E-state index in [0.29, 0.717) is 24.7 Å². The molecular weight excluding hydrogens is 1740 g/mol. The SMILES string of the molecule is C1=C(c2cnc3cn[nH]c3c2)CCNC1.CC(C)N1CC=C(c2cnc3cn[nH]c3c2)CC1.CCN1CCC(n2cc(-c3cnc4cn[nH]c4c3)cn2)CC1.Cc1cnc2ccc(-c3cnn(C)c3)cn12.Cc1cnc2ccc(-c3cnn(C)c3)cn12.Cc1cnc2ccc(-c3cnn(C)c3)cn12.Cn1cc(-c2ccc3ncc(Cn4ncc5ncc(-c6cnn(C7CCCCC7)c6)cc54)n3c2)cn1. The molecule has 3 aliphatic heterocycles. The van der Waals surface area contributed by atoms with Crippen LogP contribution in [0.1, 0.15) is 125 Å². The number of nitrogens with zero attached hydrogens (tertiary/aromatic N) is 31. The fourth-order valence-electron chi connectivity index (χ4n) is 18.3. The molecule has 704 valence electrons. The van der Waals surface area contributed by atoms with Crippen LogP contribution in [0.2, 0.25) is 0 Å². The number of aromatic amines is 3. The molecule has 1 aliphatic carbocycles. The number of likely N-dealkylation sites (tertiary alicyclic amines) is 1. The minimum Gasteiger partial charge on any atom is -0.313 e. The van der Waals surface area contributed by atoms with Crippen LogP contribution in [0.25, 0.3) is 145 Å². The molecule has 22 aromatic rings. The highest BCUT2D eigenvalue weighted by atomic mass is 15.3. The number of aromatic nitrogens is 32. The van der Waals surface area contributed by atoms with Gasteiger partial charge in [0.25, 0.3) is 0 Å². The smallest absolute Gasteiger partial charge is 0.136 e. The van der Waals surface area contributed by atoms with E-state index in [-0.39, 0.29) is 0 Å². The van der Waals surface area contributed by atoms with Gasteiger partial charge >= 0.3 is 0 Å². The minimum absolute atomic E-state index is 0.514. The van der Waals surface area contributed by atoms with Crippen molar-refractivity contribution in [2.24, 2.45) is 28.2 Å². The summed E-state index contributed by atoms with van der Waals surface area (Å²) >= 11 is 0. The van der Waals surface area contributed by atoms with Gasteiger partial charge in [0.05, 0.1) is 115 Å². The summed E-state index contributed by atoms with van der Waals surface area (Å²) in [6.07, 6.45) is 69.8. The van der Waals surface area contributed by atoms with Crippen molar-refractivity contribution in [3.63, 3.8) is 0 Å². The van der Waals surface area contributed by atoms with E-state index in [2.05, 4.69) is 262 Å². The first-order valence-corrected chi connectivity index (χ1v) is 47.5. The normalized spacial score (nSPS) is 14.5. The van der Waals surface area contributed by atoms with E-state index in [0.717, 1.165) is 215 Å². The number of hydrogen-bond donors (Lipinski definition) is 4. The molecule has 25 heterocycles. The Balaban J connectivity index is 0.000000103. The Morgan fingerprint density at radius 2 is 0.763 bits per heavy atom. The maximum Gasteiger partial charge on any atom is 0.136 e. The van der Waals surface area contributed by atoms with Crippen LogP contribution in [-0.4, -0.2) is 218 Å². The van der Waals surface area contributed by atoms with Crippen molar-refractivity contribution in [3.05, 3.63) is 292 Å². The lowest BCUT2D eigenvalue weighted by atomic mass is 9.96. The quantitative estimate of drug-likeness (QED) is 0.0785. The largest absolute Gasteiger partial charge is 0.313 e. The summed E-state index contributed by atoms with van der Waals surface area (Å²) < 4.78 is 21.9. The second-order valence-electron chi connectivity index (χ2n) is 36.3. The number of H-pyrrole nitrogens is 3. The summed E-state index contributed by atoms with van der Waals surface area (Å²) in [5.41, 5.74) is 34.4. The number of rotatable bonds is 14. The van der Waals surface area contributed by atoms with Gasteiger partial charge in [-0.1, -0.05) is 38.3 Å². The van der Waals surface area contributed by atoms with Crippen molar-refractivity contribution in [3.8, 4) is 66.8 Å². The highest BCUT2D eigenvalue weighted by Crippen LogP contribution is 2.34. The summed E-state index contributed by atoms with van der Waals surface area (Å²) in [6, 6.07) is 26.6. The van der Waals surface area contributed by atoms with Gasteiger partial charge in [-0.3, -0.25) is 72.9 Å². The molecule has 0 spiro atoms. The van der Waals surface area contributed by atoms with Crippen molar-refractivity contribution >= 4 is 77.9 Å². The van der Waals surface area contributed by atoms with E-state index in [1.54, 1.807) is 32.6 Å². The van der Waals surface area contributed by atoms with Gasteiger partial charge < -0.3 is 27.8 Å². The van der Waals surface area contributed by atoms with Gasteiger partial charge in [0.2, 0.25) is 0 Å². The molecule has 139 heavy (non-hydrogen) atoms. The van der Waals surface area contributed by atoms with Crippen LogP contribution in [0.15, 0.2) is 258 Å². The Morgan fingerprint density at radius 1 is 0.353 bits per heavy atom. The van der Waals surface area contributed by atoms with Crippen LogP contribution in [0.5, 0.6) is 0 Å². The molecule has 22 aromatic heterocycles. The monoisotopic (exact) mass is 1850 g/mol. The Hall–Kier alpha value is -16.1. The lowest BCUT2D eigenvalue weighted by molar-refractivity contribution is 0.187. The van der Waals surface area contributed by atoms with E-state index in [4.69, 9.17) is 4.98 Å². The zero-order chi connectivity index (χ0) is 95.0. The zero-order valence-corrected chi connectivity index (χ0v) is 79.9. The first-order chi connectivity index (χ1) is 67.9. The Kier molecular flexibility index (Phi) is 26.6. The second-order valence-corrected chi connectivity index (χ2v) is 36.3. The number of pyridine rings is 8. The van der Waals surface area contributed by atoms with Gasteiger partial charge in [0, 0.05) is 256 Å². The van der Waals surface area contributed by atoms with Gasteiger partial charge in [-0.15, -0.1) is 0 Å². The molecule has 1 saturated carbocycles. The molecule has 4 N–H and O–H groups in total. The maximum absolute atomic E-state index is 4.70. The summed E-state index contributed by atoms with van der Waals surface area (Å²) in [5, 5.41) is 54.9. The number of piperidine rings is 1. The van der Waals surface area contributed by atoms with Crippen molar-refractivity contribution in [2.75, 3.05) is 45.8 Å². The Bertz CT molecular complexity index is 7750. The van der Waals surface area contributed by atoms with Gasteiger partial charge in [-0.05, 0) is 181 Å².